The lowest BCUT2D eigenvalue weighted by atomic mass is 9.95. The fourth-order valence-electron chi connectivity index (χ4n) is 7.97. The van der Waals surface area contributed by atoms with E-state index in [4.69, 9.17) is 4.98 Å². The Morgan fingerprint density at radius 1 is 0.982 bits per heavy atom. The first-order chi connectivity index (χ1) is 27.6. The van der Waals surface area contributed by atoms with Gasteiger partial charge in [-0.3, -0.25) is 29.6 Å². The lowest BCUT2D eigenvalue weighted by molar-refractivity contribution is -0.136. The number of nitriles is 1. The molecule has 16 heteroatoms. The predicted molar refractivity (Wildman–Crippen MR) is 219 cm³/mol. The van der Waals surface area contributed by atoms with E-state index in [0.29, 0.717) is 23.5 Å². The summed E-state index contributed by atoms with van der Waals surface area (Å²) in [5.41, 5.74) is 6.42. The van der Waals surface area contributed by atoms with Gasteiger partial charge in [0.05, 0.1) is 34.2 Å². The Hall–Kier alpha value is -5.92. The lowest BCUT2D eigenvalue weighted by Gasteiger charge is -2.39. The average molecular weight is 787 g/mol. The molecule has 57 heavy (non-hydrogen) atoms. The number of imide groups is 1. The number of hydrogen-bond donors (Lipinski definition) is 2. The van der Waals surface area contributed by atoms with Gasteiger partial charge in [0, 0.05) is 88.5 Å². The second-order valence-corrected chi connectivity index (χ2v) is 16.3. The molecule has 3 aliphatic rings. The summed E-state index contributed by atoms with van der Waals surface area (Å²) in [6.07, 6.45) is 6.22. The number of aromatic nitrogens is 5. The molecule has 294 valence electrons. The van der Waals surface area contributed by atoms with Gasteiger partial charge in [0.25, 0.3) is 5.91 Å². The van der Waals surface area contributed by atoms with Gasteiger partial charge in [-0.15, -0.1) is 10.2 Å². The number of hydrogen-bond acceptors (Lipinski definition) is 13. The number of amides is 3. The van der Waals surface area contributed by atoms with Crippen molar-refractivity contribution in [2.24, 2.45) is 5.92 Å². The highest BCUT2D eigenvalue weighted by atomic mass is 32.1. The van der Waals surface area contributed by atoms with Crippen molar-refractivity contribution in [2.45, 2.75) is 51.6 Å². The van der Waals surface area contributed by atoms with Crippen molar-refractivity contribution in [2.75, 3.05) is 68.0 Å². The maximum atomic E-state index is 13.1. The summed E-state index contributed by atoms with van der Waals surface area (Å²) < 4.78 is 1.80. The van der Waals surface area contributed by atoms with Crippen molar-refractivity contribution in [1.82, 2.24) is 39.9 Å². The van der Waals surface area contributed by atoms with Crippen LogP contribution in [0.25, 0.3) is 27.5 Å². The van der Waals surface area contributed by atoms with Crippen LogP contribution in [-0.4, -0.2) is 117 Å². The van der Waals surface area contributed by atoms with Crippen LogP contribution < -0.4 is 20.4 Å². The van der Waals surface area contributed by atoms with Gasteiger partial charge in [0.2, 0.25) is 16.9 Å². The molecule has 3 saturated heterocycles. The zero-order valence-corrected chi connectivity index (χ0v) is 33.2. The van der Waals surface area contributed by atoms with Gasteiger partial charge < -0.3 is 20.0 Å². The number of fused-ring (bicyclic) bond motifs is 1. The zero-order chi connectivity index (χ0) is 39.6. The Bertz CT molecular complexity index is 2320. The molecule has 1 aromatic carbocycles. The molecule has 1 unspecified atom stereocenters. The third-order valence-corrected chi connectivity index (χ3v) is 12.2. The highest BCUT2D eigenvalue weighted by Gasteiger charge is 2.33. The van der Waals surface area contributed by atoms with E-state index in [-0.39, 0.29) is 24.3 Å². The number of likely N-dealkylation sites (N-methyl/N-ethyl adjacent to an activating group) is 1. The van der Waals surface area contributed by atoms with Crippen molar-refractivity contribution in [3.05, 3.63) is 72.1 Å². The molecule has 1 atom stereocenters. The first-order valence-corrected chi connectivity index (χ1v) is 20.4. The van der Waals surface area contributed by atoms with E-state index in [0.717, 1.165) is 103 Å². The van der Waals surface area contributed by atoms with E-state index in [1.165, 1.54) is 4.90 Å². The van der Waals surface area contributed by atoms with Crippen LogP contribution in [0, 0.1) is 17.2 Å². The molecule has 3 amide bonds. The normalized spacial score (nSPS) is 18.2. The quantitative estimate of drug-likeness (QED) is 0.190. The number of carbonyl (C=O) groups excluding carboxylic acids is 3. The number of piperazine rings is 1. The molecule has 2 N–H and O–H groups in total. The number of anilines is 3. The molecule has 8 rings (SSSR count). The number of piperidine rings is 2. The third-order valence-electron chi connectivity index (χ3n) is 11.1. The molecule has 3 aliphatic heterocycles. The molecule has 3 fully saturated rings. The van der Waals surface area contributed by atoms with Crippen LogP contribution in [0.2, 0.25) is 0 Å². The van der Waals surface area contributed by atoms with Crippen molar-refractivity contribution in [1.29, 1.82) is 5.26 Å². The van der Waals surface area contributed by atoms with E-state index in [2.05, 4.69) is 60.5 Å². The number of nitrogens with one attached hydrogen (secondary N) is 2. The maximum Gasteiger partial charge on any atom is 0.254 e. The number of nitrogens with zero attached hydrogens (tertiary/aromatic N) is 10. The fraction of sp³-hybridized carbons (Fsp3) is 0.415. The molecular formula is C41H46N12O3S. The predicted octanol–water partition coefficient (Wildman–Crippen LogP) is 4.52. The minimum Gasteiger partial charge on any atom is -0.382 e. The maximum absolute atomic E-state index is 13.1. The Balaban J connectivity index is 0.832. The van der Waals surface area contributed by atoms with Crippen LogP contribution in [0.4, 0.5) is 16.5 Å². The fourth-order valence-corrected chi connectivity index (χ4v) is 8.90. The molecule has 0 saturated carbocycles. The van der Waals surface area contributed by atoms with Gasteiger partial charge in [-0.2, -0.15) is 10.4 Å². The highest BCUT2D eigenvalue weighted by molar-refractivity contribution is 7.18. The summed E-state index contributed by atoms with van der Waals surface area (Å²) in [6, 6.07) is 17.1. The molecule has 4 aromatic heterocycles. The van der Waals surface area contributed by atoms with Crippen LogP contribution in [0.1, 0.15) is 55.5 Å². The summed E-state index contributed by atoms with van der Waals surface area (Å²) in [6.45, 7) is 11.0. The van der Waals surface area contributed by atoms with Gasteiger partial charge in [-0.1, -0.05) is 11.3 Å². The SMILES string of the molecule is CC(C)Nc1cc(-c2ccc3cc(C#N)cnn23)ncc1-c1nnc(N2CCN(CC3CCN(c4ccc(C(=O)N(C)C5CCC(=O)NC5=O)cc4)CC3)CC2)s1. The van der Waals surface area contributed by atoms with E-state index >= 15 is 0 Å². The minimum absolute atomic E-state index is 0.193. The third kappa shape index (κ3) is 8.16. The summed E-state index contributed by atoms with van der Waals surface area (Å²) >= 11 is 1.59. The van der Waals surface area contributed by atoms with Crippen LogP contribution in [0.15, 0.2) is 60.9 Å². The van der Waals surface area contributed by atoms with E-state index in [9.17, 15) is 19.6 Å². The zero-order valence-electron chi connectivity index (χ0n) is 32.4. The standard InChI is InChI=1S/C41H46N12O3S/c1-26(2)45-33-21-34(35-9-8-31-20-28(22-42)23-44-53(31)35)43-24-32(33)39-47-48-41(57-39)52-18-16-50(17-19-52)25-27-12-14-51(15-13-27)30-6-4-29(5-7-30)40(56)49(3)36-10-11-37(54)46-38(36)55/h4-9,20-21,23-24,26-27,36H,10-19,25H2,1-3H3,(H,43,45)(H,46,54,55). The summed E-state index contributed by atoms with van der Waals surface area (Å²) in [7, 11) is 1.62. The first kappa shape index (κ1) is 38.0. The largest absolute Gasteiger partial charge is 0.382 e. The second-order valence-electron chi connectivity index (χ2n) is 15.4. The molecule has 5 aromatic rings. The molecule has 0 bridgehead atoms. The molecule has 15 nitrogen and oxygen atoms in total. The Labute approximate surface area is 335 Å². The van der Waals surface area contributed by atoms with Gasteiger partial charge in [0.1, 0.15) is 12.1 Å². The number of rotatable bonds is 10. The first-order valence-electron chi connectivity index (χ1n) is 19.6. The molecule has 7 heterocycles. The van der Waals surface area contributed by atoms with E-state index < -0.39 is 11.9 Å². The van der Waals surface area contributed by atoms with E-state index in [1.807, 2.05) is 54.7 Å². The Morgan fingerprint density at radius 3 is 2.47 bits per heavy atom. The number of carbonyl (C=O) groups is 3. The van der Waals surface area contributed by atoms with Crippen molar-refractivity contribution in [3.63, 3.8) is 0 Å². The summed E-state index contributed by atoms with van der Waals surface area (Å²) in [4.78, 5) is 50.4. The summed E-state index contributed by atoms with van der Waals surface area (Å²) in [5, 5.41) is 30.6. The average Bonchev–Trinajstić information content (AvgIpc) is 3.89. The molecule has 0 radical (unpaired) electrons. The van der Waals surface area contributed by atoms with Crippen LogP contribution in [0.5, 0.6) is 0 Å². The van der Waals surface area contributed by atoms with Gasteiger partial charge >= 0.3 is 0 Å². The molecule has 0 spiro atoms. The topological polar surface area (TPSA) is 168 Å². The Kier molecular flexibility index (Phi) is 10.8. The van der Waals surface area contributed by atoms with Gasteiger partial charge in [-0.05, 0) is 87.6 Å². The number of pyridine rings is 1. The van der Waals surface area contributed by atoms with Crippen molar-refractivity contribution >= 4 is 51.1 Å². The van der Waals surface area contributed by atoms with Crippen molar-refractivity contribution in [3.8, 4) is 28.0 Å². The van der Waals surface area contributed by atoms with E-state index in [1.54, 1.807) is 29.1 Å². The minimum atomic E-state index is -0.638. The smallest absolute Gasteiger partial charge is 0.254 e. The second kappa shape index (κ2) is 16.3. The highest BCUT2D eigenvalue weighted by Crippen LogP contribution is 2.36. The molecule has 0 aliphatic carbocycles. The van der Waals surface area contributed by atoms with Gasteiger partial charge in [0.15, 0.2) is 5.01 Å². The van der Waals surface area contributed by atoms with Gasteiger partial charge in [-0.25, -0.2) is 4.52 Å². The number of benzene rings is 1. The monoisotopic (exact) mass is 786 g/mol. The summed E-state index contributed by atoms with van der Waals surface area (Å²) in [5.74, 6) is -0.309. The lowest BCUT2D eigenvalue weighted by Crippen LogP contribution is -2.52. The van der Waals surface area contributed by atoms with Crippen molar-refractivity contribution < 1.29 is 14.4 Å². The molecular weight excluding hydrogens is 741 g/mol. The van der Waals surface area contributed by atoms with Crippen LogP contribution in [-0.2, 0) is 9.59 Å². The van der Waals surface area contributed by atoms with Crippen LogP contribution >= 0.6 is 11.3 Å². The Morgan fingerprint density at radius 2 is 1.75 bits per heavy atom. The van der Waals surface area contributed by atoms with Crippen LogP contribution in [0.3, 0.4) is 0 Å².